The zero-order valence-corrected chi connectivity index (χ0v) is 21.3. The van der Waals surface area contributed by atoms with Gasteiger partial charge in [-0.05, 0) is 36.6 Å². The van der Waals surface area contributed by atoms with Gasteiger partial charge in [-0.15, -0.1) is 0 Å². The number of benzene rings is 1. The topological polar surface area (TPSA) is 144 Å². The molecule has 1 saturated heterocycles. The summed E-state index contributed by atoms with van der Waals surface area (Å²) in [6.07, 6.45) is 4.15. The third-order valence-corrected chi connectivity index (χ3v) is 6.28. The van der Waals surface area contributed by atoms with E-state index in [9.17, 15) is 18.8 Å². The van der Waals surface area contributed by atoms with Crippen LogP contribution in [0, 0.1) is 11.6 Å². The van der Waals surface area contributed by atoms with E-state index in [0.717, 1.165) is 11.6 Å². The molecule has 0 bridgehead atoms. The molecule has 0 aliphatic carbocycles. The summed E-state index contributed by atoms with van der Waals surface area (Å²) in [5, 5.41) is 9.86. The van der Waals surface area contributed by atoms with E-state index < -0.39 is 30.2 Å². The summed E-state index contributed by atoms with van der Waals surface area (Å²) >= 11 is 0. The van der Waals surface area contributed by atoms with E-state index in [0.29, 0.717) is 31.5 Å². The van der Waals surface area contributed by atoms with E-state index in [-0.39, 0.29) is 42.0 Å². The Hall–Kier alpha value is -4.39. The van der Waals surface area contributed by atoms with Gasteiger partial charge in [0, 0.05) is 38.4 Å². The number of pyridine rings is 1. The van der Waals surface area contributed by atoms with Gasteiger partial charge < -0.3 is 26.0 Å². The first-order chi connectivity index (χ1) is 18.7. The summed E-state index contributed by atoms with van der Waals surface area (Å²) in [5.74, 6) is -2.56. The molecule has 3 aromatic rings. The molecular weight excluding hydrogens is 512 g/mol. The van der Waals surface area contributed by atoms with Crippen molar-refractivity contribution < 1.29 is 27.9 Å². The molecule has 0 radical (unpaired) electrons. The second kappa shape index (κ2) is 12.4. The summed E-state index contributed by atoms with van der Waals surface area (Å²) in [6, 6.07) is 6.96. The average molecular weight is 542 g/mol. The lowest BCUT2D eigenvalue weighted by atomic mass is 10.0. The number of esters is 1. The number of amides is 2. The van der Waals surface area contributed by atoms with Crippen molar-refractivity contribution in [3.63, 3.8) is 0 Å². The van der Waals surface area contributed by atoms with Crippen LogP contribution in [0.2, 0.25) is 0 Å². The number of carbonyl (C=O) groups is 3. The van der Waals surface area contributed by atoms with Crippen LogP contribution in [0.3, 0.4) is 0 Å². The number of nitrogens with one attached hydrogen (secondary N) is 2. The molecule has 2 amide bonds. The summed E-state index contributed by atoms with van der Waals surface area (Å²) in [5.41, 5.74) is 6.36. The highest BCUT2D eigenvalue weighted by atomic mass is 19.1. The predicted octanol–water partition coefficient (Wildman–Crippen LogP) is 1.25. The fourth-order valence-corrected chi connectivity index (χ4v) is 4.13. The Kier molecular flexibility index (Phi) is 8.81. The van der Waals surface area contributed by atoms with Gasteiger partial charge in [0.25, 0.3) is 11.8 Å². The van der Waals surface area contributed by atoms with Crippen LogP contribution in [-0.4, -0.2) is 76.3 Å². The Morgan fingerprint density at radius 3 is 2.72 bits per heavy atom. The quantitative estimate of drug-likeness (QED) is 0.308. The van der Waals surface area contributed by atoms with Crippen LogP contribution >= 0.6 is 0 Å². The maximum Gasteiger partial charge on any atom is 0.320 e. The van der Waals surface area contributed by atoms with Gasteiger partial charge in [-0.1, -0.05) is 12.1 Å². The van der Waals surface area contributed by atoms with Crippen LogP contribution in [0.1, 0.15) is 22.3 Å². The molecule has 11 nitrogen and oxygen atoms in total. The number of likely N-dealkylation sites (tertiary alicyclic amines) is 1. The number of ether oxygens (including phenoxy) is 1. The number of halogens is 2. The molecular formula is C26H29F2N7O4. The van der Waals surface area contributed by atoms with Gasteiger partial charge in [-0.2, -0.15) is 5.10 Å². The van der Waals surface area contributed by atoms with Crippen molar-refractivity contribution in [1.82, 2.24) is 25.0 Å². The number of aromatic nitrogens is 3. The Morgan fingerprint density at radius 1 is 1.23 bits per heavy atom. The fraction of sp³-hybridized carbons (Fsp3) is 0.346. The number of hydrogen-bond acceptors (Lipinski definition) is 8. The SMILES string of the molecule is Cn1cc(-c2nc(NCCc3cccc(F)c3)c(C(=O)NC[C@H]3CCN3C(=O)COC(=O)CN)cc2F)cn1. The zero-order valence-electron chi connectivity index (χ0n) is 21.3. The number of anilines is 1. The van der Waals surface area contributed by atoms with Crippen LogP contribution in [0.5, 0.6) is 0 Å². The van der Waals surface area contributed by atoms with E-state index in [4.69, 9.17) is 10.5 Å². The Balaban J connectivity index is 1.46. The maximum atomic E-state index is 15.1. The lowest BCUT2D eigenvalue weighted by Gasteiger charge is -2.40. The Labute approximate surface area is 223 Å². The highest BCUT2D eigenvalue weighted by Gasteiger charge is 2.33. The van der Waals surface area contributed by atoms with Gasteiger partial charge in [0.2, 0.25) is 0 Å². The van der Waals surface area contributed by atoms with E-state index in [2.05, 4.69) is 20.7 Å². The number of carbonyl (C=O) groups excluding carboxylic acids is 3. The molecule has 4 rings (SSSR count). The molecule has 2 aromatic heterocycles. The summed E-state index contributed by atoms with van der Waals surface area (Å²) in [4.78, 5) is 42.5. The molecule has 13 heteroatoms. The first kappa shape index (κ1) is 27.6. The van der Waals surface area contributed by atoms with Gasteiger partial charge in [0.15, 0.2) is 12.4 Å². The number of nitrogens with zero attached hydrogens (tertiary/aromatic N) is 4. The van der Waals surface area contributed by atoms with Crippen molar-refractivity contribution in [1.29, 1.82) is 0 Å². The minimum absolute atomic E-state index is 0.0199. The molecule has 1 aromatic carbocycles. The van der Waals surface area contributed by atoms with Gasteiger partial charge in [0.05, 0.1) is 24.3 Å². The lowest BCUT2D eigenvalue weighted by molar-refractivity contribution is -0.154. The van der Waals surface area contributed by atoms with E-state index in [1.54, 1.807) is 25.4 Å². The molecule has 0 saturated carbocycles. The summed E-state index contributed by atoms with van der Waals surface area (Å²) in [7, 11) is 1.69. The zero-order chi connectivity index (χ0) is 27.9. The molecule has 3 heterocycles. The van der Waals surface area contributed by atoms with Crippen molar-refractivity contribution in [2.45, 2.75) is 18.9 Å². The van der Waals surface area contributed by atoms with Gasteiger partial charge in [-0.25, -0.2) is 13.8 Å². The van der Waals surface area contributed by atoms with Crippen LogP contribution in [0.25, 0.3) is 11.3 Å². The lowest BCUT2D eigenvalue weighted by Crippen LogP contribution is -2.57. The molecule has 206 valence electrons. The maximum absolute atomic E-state index is 15.1. The van der Waals surface area contributed by atoms with Crippen molar-refractivity contribution >= 4 is 23.6 Å². The highest BCUT2D eigenvalue weighted by Crippen LogP contribution is 2.26. The first-order valence-electron chi connectivity index (χ1n) is 12.4. The van der Waals surface area contributed by atoms with Gasteiger partial charge >= 0.3 is 5.97 Å². The van der Waals surface area contributed by atoms with Crippen LogP contribution in [0.15, 0.2) is 42.7 Å². The Morgan fingerprint density at radius 2 is 2.05 bits per heavy atom. The fourth-order valence-electron chi connectivity index (χ4n) is 4.13. The van der Waals surface area contributed by atoms with Crippen LogP contribution in [0.4, 0.5) is 14.6 Å². The monoisotopic (exact) mass is 541 g/mol. The summed E-state index contributed by atoms with van der Waals surface area (Å²) in [6.45, 7) is 0.133. The van der Waals surface area contributed by atoms with E-state index >= 15 is 4.39 Å². The number of rotatable bonds is 11. The molecule has 1 fully saturated rings. The molecule has 39 heavy (non-hydrogen) atoms. The van der Waals surface area contributed by atoms with Gasteiger partial charge in [0.1, 0.15) is 17.3 Å². The van der Waals surface area contributed by atoms with Crippen LogP contribution in [-0.2, 0) is 27.8 Å². The van der Waals surface area contributed by atoms with Crippen LogP contribution < -0.4 is 16.4 Å². The molecule has 0 spiro atoms. The number of aryl methyl sites for hydroxylation is 1. The highest BCUT2D eigenvalue weighted by molar-refractivity contribution is 5.99. The average Bonchev–Trinajstić information content (AvgIpc) is 3.33. The second-order valence-corrected chi connectivity index (χ2v) is 9.03. The first-order valence-corrected chi connectivity index (χ1v) is 12.4. The third kappa shape index (κ3) is 6.93. The number of hydrogen-bond donors (Lipinski definition) is 3. The summed E-state index contributed by atoms with van der Waals surface area (Å²) < 4.78 is 34.9. The van der Waals surface area contributed by atoms with Gasteiger partial charge in [-0.3, -0.25) is 19.1 Å². The van der Waals surface area contributed by atoms with E-state index in [1.165, 1.54) is 27.9 Å². The number of nitrogens with two attached hydrogens (primary N) is 1. The molecule has 1 aliphatic heterocycles. The van der Waals surface area contributed by atoms with Crippen molar-refractivity contribution in [2.75, 3.05) is 38.1 Å². The van der Waals surface area contributed by atoms with E-state index in [1.807, 2.05) is 0 Å². The normalized spacial score (nSPS) is 14.5. The van der Waals surface area contributed by atoms with Crippen molar-refractivity contribution in [2.24, 2.45) is 12.8 Å². The third-order valence-electron chi connectivity index (χ3n) is 6.28. The Bertz CT molecular complexity index is 1360. The molecule has 0 unspecified atom stereocenters. The standard InChI is InChI=1S/C26H29F2N7O4/c1-34-14-17(12-32-34)24-21(28)10-20(25(33-24)30-7-5-16-3-2-4-18(27)9-16)26(38)31-13-19-6-8-35(19)22(36)15-39-23(37)11-29/h2-4,9-10,12,14,19H,5-8,11,13,15,29H2,1H3,(H,30,33)(H,31,38)/t19-/m1/s1. The smallest absolute Gasteiger partial charge is 0.320 e. The minimum Gasteiger partial charge on any atom is -0.455 e. The van der Waals surface area contributed by atoms with Crippen molar-refractivity contribution in [3.05, 3.63) is 65.5 Å². The second-order valence-electron chi connectivity index (χ2n) is 9.03. The molecule has 1 aliphatic rings. The van der Waals surface area contributed by atoms with Crippen molar-refractivity contribution in [3.8, 4) is 11.3 Å². The molecule has 1 atom stereocenters. The predicted molar refractivity (Wildman–Crippen MR) is 137 cm³/mol. The largest absolute Gasteiger partial charge is 0.455 e. The minimum atomic E-state index is -0.703. The molecule has 4 N–H and O–H groups in total.